The molecule has 3 aromatic rings. The maximum atomic E-state index is 13.8. The van der Waals surface area contributed by atoms with E-state index in [1.54, 1.807) is 47.6 Å². The molecule has 13 nitrogen and oxygen atoms in total. The van der Waals surface area contributed by atoms with Gasteiger partial charge in [0, 0.05) is 43.5 Å². The molecule has 0 radical (unpaired) electrons. The van der Waals surface area contributed by atoms with Gasteiger partial charge >= 0.3 is 12.1 Å². The van der Waals surface area contributed by atoms with Crippen LogP contribution in [-0.4, -0.2) is 81.3 Å². The van der Waals surface area contributed by atoms with Crippen LogP contribution in [0.15, 0.2) is 72.1 Å². The molecule has 0 aliphatic carbocycles. The van der Waals surface area contributed by atoms with E-state index in [4.69, 9.17) is 9.47 Å². The first-order valence-corrected chi connectivity index (χ1v) is 18.3. The Balaban J connectivity index is 1.45. The second-order valence-corrected chi connectivity index (χ2v) is 14.6. The molecule has 0 unspecified atom stereocenters. The Morgan fingerprint density at radius 3 is 2.44 bits per heavy atom. The first-order valence-electron chi connectivity index (χ1n) is 16.5. The van der Waals surface area contributed by atoms with E-state index in [-0.39, 0.29) is 31.5 Å². The Kier molecular flexibility index (Phi) is 14.8. The number of rotatable bonds is 17. The summed E-state index contributed by atoms with van der Waals surface area (Å²) in [6.07, 6.45) is 6.90. The van der Waals surface area contributed by atoms with Gasteiger partial charge in [-0.25, -0.2) is 19.6 Å². The van der Waals surface area contributed by atoms with Gasteiger partial charge in [0.1, 0.15) is 12.6 Å². The van der Waals surface area contributed by atoms with Gasteiger partial charge in [-0.3, -0.25) is 15.2 Å². The number of ether oxygens (including phenoxy) is 2. The third-order valence-electron chi connectivity index (χ3n) is 7.85. The van der Waals surface area contributed by atoms with Crippen molar-refractivity contribution in [1.82, 2.24) is 35.9 Å². The van der Waals surface area contributed by atoms with E-state index in [0.717, 1.165) is 21.1 Å². The number of carbonyl (C=O) groups is 3. The molecule has 0 saturated carbocycles. The van der Waals surface area contributed by atoms with Gasteiger partial charge in [0.25, 0.3) is 5.91 Å². The first kappa shape index (κ1) is 38.5. The van der Waals surface area contributed by atoms with Crippen LogP contribution in [0.5, 0.6) is 0 Å². The third-order valence-corrected chi connectivity index (χ3v) is 9.80. The van der Waals surface area contributed by atoms with Crippen LogP contribution in [0, 0.1) is 11.8 Å². The fraction of sp³-hybridized carbons (Fsp3) is 0.457. The highest BCUT2D eigenvalue weighted by molar-refractivity contribution is 7.09. The molecule has 0 fully saturated rings. The average Bonchev–Trinajstić information content (AvgIpc) is 3.79. The molecule has 1 aliphatic rings. The molecule has 3 atom stereocenters. The van der Waals surface area contributed by atoms with E-state index in [1.807, 2.05) is 61.7 Å². The van der Waals surface area contributed by atoms with E-state index in [0.29, 0.717) is 18.9 Å². The van der Waals surface area contributed by atoms with Gasteiger partial charge in [-0.1, -0.05) is 58.0 Å². The quantitative estimate of drug-likeness (QED) is 0.144. The number of hydrogen-bond acceptors (Lipinski definition) is 11. The van der Waals surface area contributed by atoms with E-state index < -0.39 is 36.2 Å². The number of urea groups is 1. The second-order valence-electron chi connectivity index (χ2n) is 12.7. The Morgan fingerprint density at radius 1 is 1.06 bits per heavy atom. The van der Waals surface area contributed by atoms with Crippen LogP contribution in [0.3, 0.4) is 0 Å². The summed E-state index contributed by atoms with van der Waals surface area (Å²) in [5.74, 6) is -0.549. The molecule has 2 aromatic heterocycles. The third kappa shape index (κ3) is 12.2. The van der Waals surface area contributed by atoms with Crippen molar-refractivity contribution >= 4 is 40.7 Å². The topological polar surface area (TPSA) is 158 Å². The molecule has 3 heterocycles. The van der Waals surface area contributed by atoms with E-state index >= 15 is 0 Å². The van der Waals surface area contributed by atoms with Gasteiger partial charge in [0.05, 0.1) is 52.3 Å². The Hall–Kier alpha value is -4.31. The highest BCUT2D eigenvalue weighted by Gasteiger charge is 2.30. The van der Waals surface area contributed by atoms with Crippen LogP contribution in [0.2, 0.25) is 0 Å². The summed E-state index contributed by atoms with van der Waals surface area (Å²) in [4.78, 5) is 50.8. The maximum Gasteiger partial charge on any atom is 0.407 e. The lowest BCUT2D eigenvalue weighted by Gasteiger charge is -2.33. The normalized spacial score (nSPS) is 14.7. The molecule has 50 heavy (non-hydrogen) atoms. The zero-order valence-electron chi connectivity index (χ0n) is 29.0. The molecular formula is C35H47N7O6S2. The number of aliphatic hydroxyl groups is 1. The van der Waals surface area contributed by atoms with Crippen molar-refractivity contribution in [3.63, 3.8) is 0 Å². The number of nitrogens with one attached hydrogen (secondary N) is 3. The standard InChI is InChI=1S/C35H47N7O6S2/c1-23(2)31(39-34(45)41(5)18-27-21-49-33(37-27)24(3)4)32(44)40-42(17-26-11-13-47-14-12-26)19-30(43)29(15-25-9-7-6-8-10-25)38-35(46)48-20-28-16-36-22-50-28/h6-14,16,21-24,26,29-31,43H,15,17-20H2,1-5H3,(H,38,46)(H,39,45)(H,40,44)/t29-,30-,31+/m0/s1. The number of nitrogens with zero attached hydrogens (tertiary/aromatic N) is 4. The average molecular weight is 726 g/mol. The van der Waals surface area contributed by atoms with Gasteiger partial charge in [-0.15, -0.1) is 22.7 Å². The molecule has 0 spiro atoms. The lowest BCUT2D eigenvalue weighted by Crippen LogP contribution is -2.59. The Labute approximate surface area is 301 Å². The molecular weight excluding hydrogens is 679 g/mol. The van der Waals surface area contributed by atoms with E-state index in [9.17, 15) is 19.5 Å². The fourth-order valence-electron chi connectivity index (χ4n) is 5.07. The predicted molar refractivity (Wildman–Crippen MR) is 193 cm³/mol. The summed E-state index contributed by atoms with van der Waals surface area (Å²) in [6.45, 7) is 8.43. The molecule has 0 saturated heterocycles. The van der Waals surface area contributed by atoms with E-state index in [2.05, 4.69) is 39.9 Å². The summed E-state index contributed by atoms with van der Waals surface area (Å²) in [5.41, 5.74) is 6.27. The highest BCUT2D eigenvalue weighted by atomic mass is 32.1. The zero-order valence-corrected chi connectivity index (χ0v) is 30.7. The molecule has 15 heteroatoms. The van der Waals surface area contributed by atoms with Crippen LogP contribution in [0.4, 0.5) is 9.59 Å². The molecule has 270 valence electrons. The van der Waals surface area contributed by atoms with Crippen LogP contribution in [0.1, 0.15) is 54.8 Å². The number of carbonyl (C=O) groups excluding carboxylic acids is 3. The van der Waals surface area contributed by atoms with Crippen molar-refractivity contribution in [3.05, 3.63) is 93.2 Å². The molecule has 4 amide bonds. The van der Waals surface area contributed by atoms with Gasteiger partial charge in [0.2, 0.25) is 0 Å². The van der Waals surface area contributed by atoms with E-state index in [1.165, 1.54) is 16.2 Å². The Morgan fingerprint density at radius 2 is 1.80 bits per heavy atom. The highest BCUT2D eigenvalue weighted by Crippen LogP contribution is 2.20. The van der Waals surface area contributed by atoms with Gasteiger partial charge < -0.3 is 30.1 Å². The van der Waals surface area contributed by atoms with Gasteiger partial charge in [0.15, 0.2) is 0 Å². The minimum absolute atomic E-state index is 0.0436. The number of aliphatic hydroxyl groups excluding tert-OH is 1. The lowest BCUT2D eigenvalue weighted by atomic mass is 10.0. The summed E-state index contributed by atoms with van der Waals surface area (Å²) < 4.78 is 10.6. The lowest BCUT2D eigenvalue weighted by molar-refractivity contribution is -0.129. The summed E-state index contributed by atoms with van der Waals surface area (Å²) >= 11 is 2.93. The molecule has 4 rings (SSSR count). The molecule has 1 aromatic carbocycles. The molecule has 0 bridgehead atoms. The second kappa shape index (κ2) is 19.2. The summed E-state index contributed by atoms with van der Waals surface area (Å²) in [6, 6.07) is 7.42. The molecule has 1 aliphatic heterocycles. The van der Waals surface area contributed by atoms with Crippen LogP contribution < -0.4 is 16.1 Å². The van der Waals surface area contributed by atoms with Crippen LogP contribution in [-0.2, 0) is 33.8 Å². The van der Waals surface area contributed by atoms with Gasteiger partial charge in [-0.2, -0.15) is 0 Å². The smallest absolute Gasteiger partial charge is 0.407 e. The number of hydrogen-bond donors (Lipinski definition) is 4. The van der Waals surface area contributed by atoms with Crippen molar-refractivity contribution < 1.29 is 29.0 Å². The van der Waals surface area contributed by atoms with Crippen molar-refractivity contribution in [1.29, 1.82) is 0 Å². The summed E-state index contributed by atoms with van der Waals surface area (Å²) in [5, 5.41) is 21.8. The van der Waals surface area contributed by atoms with Crippen molar-refractivity contribution in [2.45, 2.75) is 71.4 Å². The van der Waals surface area contributed by atoms with Crippen LogP contribution in [0.25, 0.3) is 0 Å². The number of alkyl carbamates (subject to hydrolysis) is 1. The minimum atomic E-state index is -1.13. The van der Waals surface area contributed by atoms with Crippen molar-refractivity contribution in [3.8, 4) is 0 Å². The number of benzene rings is 1. The maximum absolute atomic E-state index is 13.8. The zero-order chi connectivity index (χ0) is 36.0. The molecule has 4 N–H and O–H groups in total. The van der Waals surface area contributed by atoms with Crippen LogP contribution >= 0.6 is 22.7 Å². The SMILES string of the molecule is CC(C)c1nc(CN(C)C(=O)N[C@@H](C(=O)NN(CC2C=COC=C2)C[C@H](O)[C@H](Cc2ccccc2)NC(=O)OCc2cncs2)C(C)C)cs1. The number of amides is 4. The number of thiazole rings is 2. The number of aromatic nitrogens is 2. The largest absolute Gasteiger partial charge is 0.473 e. The Bertz CT molecular complexity index is 1550. The first-order chi connectivity index (χ1) is 24.0. The van der Waals surface area contributed by atoms with Gasteiger partial charge in [-0.05, 0) is 30.1 Å². The monoisotopic (exact) mass is 725 g/mol. The minimum Gasteiger partial charge on any atom is -0.473 e. The summed E-state index contributed by atoms with van der Waals surface area (Å²) in [7, 11) is 1.66. The van der Waals surface area contributed by atoms with Crippen molar-refractivity contribution in [2.75, 3.05) is 20.1 Å². The van der Waals surface area contributed by atoms with Crippen molar-refractivity contribution in [2.24, 2.45) is 11.8 Å². The number of hydrazine groups is 1. The predicted octanol–water partition coefficient (Wildman–Crippen LogP) is 4.79. The fourth-order valence-corrected chi connectivity index (χ4v) is 6.40.